The Hall–Kier alpha value is -1.80. The molecule has 2 fully saturated rings. The van der Waals surface area contributed by atoms with E-state index in [1.54, 1.807) is 28.6 Å². The van der Waals surface area contributed by atoms with Crippen molar-refractivity contribution in [2.45, 2.75) is 74.5 Å². The Kier molecular flexibility index (Phi) is 7.21. The zero-order valence-corrected chi connectivity index (χ0v) is 21.7. The molecular weight excluding hydrogens is 450 g/mol. The van der Waals surface area contributed by atoms with Gasteiger partial charge in [-0.1, -0.05) is 37.6 Å². The van der Waals surface area contributed by atoms with Crippen molar-refractivity contribution >= 4 is 29.5 Å². The number of nitrogens with zero attached hydrogens (tertiary/aromatic N) is 3. The highest BCUT2D eigenvalue weighted by atomic mass is 32.2. The first kappa shape index (κ1) is 25.3. The van der Waals surface area contributed by atoms with Crippen molar-refractivity contribution in [2.75, 3.05) is 33.3 Å². The van der Waals surface area contributed by atoms with Gasteiger partial charge in [-0.2, -0.15) is 0 Å². The number of thioether (sulfide) groups is 1. The Labute approximate surface area is 207 Å². The minimum Gasteiger partial charge on any atom is -0.396 e. The molecule has 1 spiro atoms. The molecule has 0 aliphatic carbocycles. The molecule has 0 aromatic carbocycles. The van der Waals surface area contributed by atoms with E-state index in [0.29, 0.717) is 26.1 Å². The third-order valence-corrected chi connectivity index (χ3v) is 9.88. The topological polar surface area (TPSA) is 81.2 Å². The van der Waals surface area contributed by atoms with Gasteiger partial charge in [0, 0.05) is 44.1 Å². The van der Waals surface area contributed by atoms with E-state index in [1.807, 2.05) is 11.0 Å². The average Bonchev–Trinajstić information content (AvgIpc) is 3.06. The van der Waals surface area contributed by atoms with Crippen molar-refractivity contribution in [1.82, 2.24) is 14.7 Å². The van der Waals surface area contributed by atoms with Gasteiger partial charge < -0.3 is 19.8 Å². The quantitative estimate of drug-likeness (QED) is 0.418. The highest BCUT2D eigenvalue weighted by molar-refractivity contribution is 8.02. The summed E-state index contributed by atoms with van der Waals surface area (Å²) in [6, 6.07) is -0.528. The number of aliphatic hydroxyl groups is 1. The molecule has 4 rings (SSSR count). The van der Waals surface area contributed by atoms with Crippen LogP contribution < -0.4 is 0 Å². The van der Waals surface area contributed by atoms with E-state index in [9.17, 15) is 19.5 Å². The van der Waals surface area contributed by atoms with Crippen LogP contribution in [-0.4, -0.2) is 92.4 Å². The zero-order valence-electron chi connectivity index (χ0n) is 20.9. The molecule has 7 nitrogen and oxygen atoms in total. The summed E-state index contributed by atoms with van der Waals surface area (Å²) in [5.74, 6) is -1.16. The standard InChI is InChI=1S/C26H39N3O4S/c1-5-11-18(2)28-16-10-13-26-20(19-22(31)27(4)14-9-12-25(19,3)34-26)23(32)29(21(26)24(28)33)15-7-6-8-17-30/h9-10,12-13,18-21,30H,5-8,11,14-17H2,1-4H3/t18?,19-,20-,21?,25+,26-/m0/s1. The minimum atomic E-state index is -0.760. The molecule has 3 amide bonds. The van der Waals surface area contributed by atoms with Crippen LogP contribution >= 0.6 is 11.8 Å². The van der Waals surface area contributed by atoms with Crippen molar-refractivity contribution < 1.29 is 19.5 Å². The maximum atomic E-state index is 14.2. The normalized spacial score (nSPS) is 35.9. The van der Waals surface area contributed by atoms with E-state index >= 15 is 0 Å². The number of unbranched alkanes of at least 4 members (excludes halogenated alkanes) is 2. The second kappa shape index (κ2) is 9.69. The third-order valence-electron chi connectivity index (χ3n) is 8.09. The van der Waals surface area contributed by atoms with E-state index in [-0.39, 0.29) is 30.4 Å². The molecule has 6 atom stereocenters. The molecule has 0 aromatic heterocycles. The first-order chi connectivity index (χ1) is 16.2. The van der Waals surface area contributed by atoms with Gasteiger partial charge in [0.1, 0.15) is 6.04 Å². The number of carbonyl (C=O) groups excluding carboxylic acids is 3. The van der Waals surface area contributed by atoms with Gasteiger partial charge in [0.2, 0.25) is 17.7 Å². The van der Waals surface area contributed by atoms with E-state index in [0.717, 1.165) is 25.7 Å². The molecule has 8 heteroatoms. The molecule has 1 N–H and O–H groups in total. The number of likely N-dealkylation sites (N-methyl/N-ethyl adjacent to an activating group) is 1. The monoisotopic (exact) mass is 489 g/mol. The first-order valence-corrected chi connectivity index (χ1v) is 13.6. The lowest BCUT2D eigenvalue weighted by molar-refractivity contribution is -0.145. The number of hydrogen-bond acceptors (Lipinski definition) is 5. The molecule has 4 heterocycles. The molecule has 0 radical (unpaired) electrons. The predicted octanol–water partition coefficient (Wildman–Crippen LogP) is 2.45. The second-order valence-corrected chi connectivity index (χ2v) is 12.3. The minimum absolute atomic E-state index is 0.00120. The van der Waals surface area contributed by atoms with Crippen LogP contribution in [0, 0.1) is 11.8 Å². The third kappa shape index (κ3) is 3.91. The Balaban J connectivity index is 1.78. The van der Waals surface area contributed by atoms with Gasteiger partial charge in [-0.3, -0.25) is 14.4 Å². The molecule has 0 saturated carbocycles. The van der Waals surface area contributed by atoms with Crippen molar-refractivity contribution in [1.29, 1.82) is 0 Å². The first-order valence-electron chi connectivity index (χ1n) is 12.7. The number of amides is 3. The van der Waals surface area contributed by atoms with Crippen molar-refractivity contribution in [2.24, 2.45) is 11.8 Å². The summed E-state index contributed by atoms with van der Waals surface area (Å²) in [5.41, 5.74) is 0. The number of likely N-dealkylation sites (tertiary alicyclic amines) is 1. The molecule has 34 heavy (non-hydrogen) atoms. The number of fused-ring (bicyclic) bond motifs is 2. The number of carbonyl (C=O) groups is 3. The maximum Gasteiger partial charge on any atom is 0.247 e. The summed E-state index contributed by atoms with van der Waals surface area (Å²) in [4.78, 5) is 47.3. The Bertz CT molecular complexity index is 891. The Morgan fingerprint density at radius 1 is 1.06 bits per heavy atom. The molecule has 4 aliphatic heterocycles. The lowest BCUT2D eigenvalue weighted by Gasteiger charge is -2.38. The maximum absolute atomic E-state index is 14.2. The van der Waals surface area contributed by atoms with Gasteiger partial charge in [0.15, 0.2) is 0 Å². The van der Waals surface area contributed by atoms with Crippen LogP contribution in [0.3, 0.4) is 0 Å². The van der Waals surface area contributed by atoms with Gasteiger partial charge >= 0.3 is 0 Å². The van der Waals surface area contributed by atoms with Crippen LogP contribution in [0.25, 0.3) is 0 Å². The second-order valence-electron chi connectivity index (χ2n) is 10.5. The summed E-state index contributed by atoms with van der Waals surface area (Å²) in [6.45, 7) is 7.92. The number of hydrogen-bond donors (Lipinski definition) is 1. The van der Waals surface area contributed by atoms with Crippen LogP contribution in [0.1, 0.15) is 52.9 Å². The molecular formula is C26H39N3O4S. The van der Waals surface area contributed by atoms with Crippen LogP contribution in [0.15, 0.2) is 24.3 Å². The Morgan fingerprint density at radius 2 is 1.79 bits per heavy atom. The summed E-state index contributed by atoms with van der Waals surface area (Å²) in [7, 11) is 1.79. The van der Waals surface area contributed by atoms with Crippen molar-refractivity contribution in [3.8, 4) is 0 Å². The van der Waals surface area contributed by atoms with Gasteiger partial charge in [0.05, 0.1) is 16.6 Å². The molecule has 0 aromatic rings. The van der Waals surface area contributed by atoms with Crippen LogP contribution in [0.5, 0.6) is 0 Å². The van der Waals surface area contributed by atoms with Crippen LogP contribution in [0.2, 0.25) is 0 Å². The molecule has 4 aliphatic rings. The van der Waals surface area contributed by atoms with Gasteiger partial charge in [-0.05, 0) is 39.5 Å². The van der Waals surface area contributed by atoms with Gasteiger partial charge in [-0.15, -0.1) is 11.8 Å². The zero-order chi connectivity index (χ0) is 24.7. The molecule has 2 unspecified atom stereocenters. The fourth-order valence-electron chi connectivity index (χ4n) is 6.44. The predicted molar refractivity (Wildman–Crippen MR) is 134 cm³/mol. The van der Waals surface area contributed by atoms with E-state index in [4.69, 9.17) is 0 Å². The number of aliphatic hydroxyl groups excluding tert-OH is 1. The van der Waals surface area contributed by atoms with Crippen molar-refractivity contribution in [3.63, 3.8) is 0 Å². The largest absolute Gasteiger partial charge is 0.396 e. The van der Waals surface area contributed by atoms with Gasteiger partial charge in [0.25, 0.3) is 0 Å². The fraction of sp³-hybridized carbons (Fsp3) is 0.731. The summed E-state index contributed by atoms with van der Waals surface area (Å²) in [6.07, 6.45) is 12.4. The smallest absolute Gasteiger partial charge is 0.247 e. The summed E-state index contributed by atoms with van der Waals surface area (Å²) >= 11 is 1.64. The van der Waals surface area contributed by atoms with Crippen LogP contribution in [0.4, 0.5) is 0 Å². The number of rotatable bonds is 8. The van der Waals surface area contributed by atoms with E-state index < -0.39 is 27.4 Å². The van der Waals surface area contributed by atoms with E-state index in [2.05, 4.69) is 39.0 Å². The molecule has 188 valence electrons. The molecule has 0 bridgehead atoms. The Morgan fingerprint density at radius 3 is 2.50 bits per heavy atom. The fourth-order valence-corrected chi connectivity index (χ4v) is 8.60. The lowest BCUT2D eigenvalue weighted by Crippen LogP contribution is -2.55. The highest BCUT2D eigenvalue weighted by Gasteiger charge is 2.73. The average molecular weight is 490 g/mol. The SMILES string of the molecule is CCCC(C)N1CC=C[C@]23S[C@]4(C)C=CCN(C)C(=O)[C@@H]4[C@H]2C(=O)N(CCCCCO)C3C1=O. The highest BCUT2D eigenvalue weighted by Crippen LogP contribution is 2.65. The molecule has 2 saturated heterocycles. The lowest BCUT2D eigenvalue weighted by atomic mass is 9.74. The van der Waals surface area contributed by atoms with Gasteiger partial charge in [-0.25, -0.2) is 0 Å². The summed E-state index contributed by atoms with van der Waals surface area (Å²) < 4.78 is -1.30. The van der Waals surface area contributed by atoms with Crippen LogP contribution in [-0.2, 0) is 14.4 Å². The van der Waals surface area contributed by atoms with E-state index in [1.165, 1.54) is 0 Å². The summed E-state index contributed by atoms with van der Waals surface area (Å²) in [5, 5.41) is 9.19. The van der Waals surface area contributed by atoms with Crippen molar-refractivity contribution in [3.05, 3.63) is 24.3 Å².